The number of halogens is 1. The summed E-state index contributed by atoms with van der Waals surface area (Å²) in [7, 11) is 0. The maximum atomic E-state index is 13.0. The Kier molecular flexibility index (Phi) is 2.73. The molecule has 3 nitrogen and oxygen atoms in total. The van der Waals surface area contributed by atoms with E-state index in [1.54, 1.807) is 0 Å². The van der Waals surface area contributed by atoms with E-state index in [1.807, 2.05) is 0 Å². The maximum Gasteiger partial charge on any atom is 0.306 e. The SMILES string of the molecule is O=C1CC(C(=O)O)CCc2cc(F)ccc21. The molecule has 0 spiro atoms. The van der Waals surface area contributed by atoms with Gasteiger partial charge in [0.1, 0.15) is 5.82 Å². The van der Waals surface area contributed by atoms with E-state index in [9.17, 15) is 14.0 Å². The van der Waals surface area contributed by atoms with Crippen LogP contribution in [0.1, 0.15) is 28.8 Å². The van der Waals surface area contributed by atoms with E-state index in [0.29, 0.717) is 24.0 Å². The third-order valence-corrected chi connectivity index (χ3v) is 2.91. The number of carboxylic acids is 1. The lowest BCUT2D eigenvalue weighted by molar-refractivity contribution is -0.141. The van der Waals surface area contributed by atoms with Crippen molar-refractivity contribution in [3.63, 3.8) is 0 Å². The molecule has 0 saturated carbocycles. The molecule has 0 saturated heterocycles. The Morgan fingerprint density at radius 1 is 1.44 bits per heavy atom. The van der Waals surface area contributed by atoms with Crippen LogP contribution in [0, 0.1) is 11.7 Å². The van der Waals surface area contributed by atoms with Gasteiger partial charge in [-0.3, -0.25) is 9.59 Å². The van der Waals surface area contributed by atoms with Crippen molar-refractivity contribution in [1.82, 2.24) is 0 Å². The summed E-state index contributed by atoms with van der Waals surface area (Å²) in [6.07, 6.45) is 0.835. The highest BCUT2D eigenvalue weighted by Gasteiger charge is 2.27. The molecule has 16 heavy (non-hydrogen) atoms. The van der Waals surface area contributed by atoms with Gasteiger partial charge in [0.15, 0.2) is 5.78 Å². The molecule has 4 heteroatoms. The Bertz CT molecular complexity index is 454. The number of benzene rings is 1. The standard InChI is InChI=1S/C12H11FO3/c13-9-3-4-10-7(5-9)1-2-8(12(15)16)6-11(10)14/h3-5,8H,1-2,6H2,(H,15,16). The Hall–Kier alpha value is -1.71. The second-order valence-electron chi connectivity index (χ2n) is 4.00. The first-order valence-electron chi connectivity index (χ1n) is 5.12. The highest BCUT2D eigenvalue weighted by Crippen LogP contribution is 2.25. The number of rotatable bonds is 1. The zero-order chi connectivity index (χ0) is 11.7. The van der Waals surface area contributed by atoms with E-state index >= 15 is 0 Å². The van der Waals surface area contributed by atoms with E-state index < -0.39 is 11.9 Å². The summed E-state index contributed by atoms with van der Waals surface area (Å²) in [4.78, 5) is 22.6. The first-order valence-corrected chi connectivity index (χ1v) is 5.12. The fraction of sp³-hybridized carbons (Fsp3) is 0.333. The van der Waals surface area contributed by atoms with Gasteiger partial charge in [-0.15, -0.1) is 0 Å². The van der Waals surface area contributed by atoms with Crippen LogP contribution in [0.3, 0.4) is 0 Å². The van der Waals surface area contributed by atoms with Crippen LogP contribution in [0.4, 0.5) is 4.39 Å². The van der Waals surface area contributed by atoms with Crippen molar-refractivity contribution in [3.05, 3.63) is 35.1 Å². The lowest BCUT2D eigenvalue weighted by atomic mass is 9.99. The monoisotopic (exact) mass is 222 g/mol. The van der Waals surface area contributed by atoms with Crippen LogP contribution in [0.5, 0.6) is 0 Å². The molecule has 0 bridgehead atoms. The third-order valence-electron chi connectivity index (χ3n) is 2.91. The first kappa shape index (κ1) is 10.8. The average Bonchev–Trinajstić information content (AvgIpc) is 2.38. The number of hydrogen-bond acceptors (Lipinski definition) is 2. The number of ketones is 1. The lowest BCUT2D eigenvalue weighted by Crippen LogP contribution is -2.16. The molecule has 1 aliphatic rings. The van der Waals surface area contributed by atoms with Gasteiger partial charge in [-0.05, 0) is 36.6 Å². The fourth-order valence-electron chi connectivity index (χ4n) is 2.02. The smallest absolute Gasteiger partial charge is 0.306 e. The Labute approximate surface area is 91.9 Å². The third kappa shape index (κ3) is 1.96. The van der Waals surface area contributed by atoms with Gasteiger partial charge < -0.3 is 5.11 Å². The van der Waals surface area contributed by atoms with Crippen molar-refractivity contribution < 1.29 is 19.1 Å². The summed E-state index contributed by atoms with van der Waals surface area (Å²) in [6.45, 7) is 0. The van der Waals surface area contributed by atoms with Crippen molar-refractivity contribution in [1.29, 1.82) is 0 Å². The summed E-state index contributed by atoms with van der Waals surface area (Å²) < 4.78 is 13.0. The average molecular weight is 222 g/mol. The predicted molar refractivity (Wildman–Crippen MR) is 54.8 cm³/mol. The zero-order valence-corrected chi connectivity index (χ0v) is 8.57. The number of Topliss-reactive ketones (excluding diaryl/α,β-unsaturated/α-hetero) is 1. The van der Waals surface area contributed by atoms with E-state index in [-0.39, 0.29) is 18.0 Å². The van der Waals surface area contributed by atoms with Crippen molar-refractivity contribution in [2.45, 2.75) is 19.3 Å². The molecule has 1 aromatic carbocycles. The van der Waals surface area contributed by atoms with Gasteiger partial charge in [0.2, 0.25) is 0 Å². The van der Waals surface area contributed by atoms with E-state index in [1.165, 1.54) is 18.2 Å². The molecule has 0 fully saturated rings. The molecular formula is C12H11FO3. The number of hydrogen-bond donors (Lipinski definition) is 1. The number of aryl methyl sites for hydroxylation is 1. The summed E-state index contributed by atoms with van der Waals surface area (Å²) >= 11 is 0. The van der Waals surface area contributed by atoms with Crippen LogP contribution in [-0.2, 0) is 11.2 Å². The molecule has 2 rings (SSSR count). The van der Waals surface area contributed by atoms with Crippen LogP contribution in [0.15, 0.2) is 18.2 Å². The van der Waals surface area contributed by atoms with Crippen molar-refractivity contribution >= 4 is 11.8 Å². The molecule has 0 aromatic heterocycles. The molecular weight excluding hydrogens is 211 g/mol. The van der Waals surface area contributed by atoms with Gasteiger partial charge in [0, 0.05) is 12.0 Å². The second kappa shape index (κ2) is 4.04. The van der Waals surface area contributed by atoms with Gasteiger partial charge >= 0.3 is 5.97 Å². The van der Waals surface area contributed by atoms with Crippen LogP contribution >= 0.6 is 0 Å². The molecule has 84 valence electrons. The number of carboxylic acid groups (broad SMARTS) is 1. The highest BCUT2D eigenvalue weighted by molar-refractivity contribution is 5.99. The zero-order valence-electron chi connectivity index (χ0n) is 8.57. The van der Waals surface area contributed by atoms with Crippen LogP contribution in [-0.4, -0.2) is 16.9 Å². The summed E-state index contributed by atoms with van der Waals surface area (Å²) in [5, 5.41) is 8.89. The van der Waals surface area contributed by atoms with Crippen LogP contribution in [0.25, 0.3) is 0 Å². The molecule has 0 amide bonds. The topological polar surface area (TPSA) is 54.4 Å². The van der Waals surface area contributed by atoms with Crippen molar-refractivity contribution in [2.24, 2.45) is 5.92 Å². The molecule has 0 aliphatic heterocycles. The van der Waals surface area contributed by atoms with Gasteiger partial charge in [-0.2, -0.15) is 0 Å². The van der Waals surface area contributed by atoms with Gasteiger partial charge in [0.05, 0.1) is 5.92 Å². The molecule has 0 radical (unpaired) electrons. The van der Waals surface area contributed by atoms with E-state index in [0.717, 1.165) is 0 Å². The fourth-order valence-corrected chi connectivity index (χ4v) is 2.02. The maximum absolute atomic E-state index is 13.0. The number of carbonyl (C=O) groups is 2. The molecule has 1 N–H and O–H groups in total. The number of aliphatic carboxylic acids is 1. The molecule has 1 atom stereocenters. The molecule has 0 heterocycles. The Morgan fingerprint density at radius 2 is 2.19 bits per heavy atom. The minimum absolute atomic E-state index is 0.00790. The predicted octanol–water partition coefficient (Wildman–Crippen LogP) is 2.05. The number of fused-ring (bicyclic) bond motifs is 1. The summed E-state index contributed by atoms with van der Waals surface area (Å²) in [5.74, 6) is -2.20. The molecule has 1 aliphatic carbocycles. The minimum Gasteiger partial charge on any atom is -0.481 e. The normalized spacial score (nSPS) is 20.1. The second-order valence-corrected chi connectivity index (χ2v) is 4.00. The van der Waals surface area contributed by atoms with Crippen LogP contribution in [0.2, 0.25) is 0 Å². The van der Waals surface area contributed by atoms with Crippen molar-refractivity contribution in [2.75, 3.05) is 0 Å². The van der Waals surface area contributed by atoms with E-state index in [2.05, 4.69) is 0 Å². The lowest BCUT2D eigenvalue weighted by Gasteiger charge is -2.05. The quantitative estimate of drug-likeness (QED) is 0.740. The van der Waals surface area contributed by atoms with Crippen LogP contribution < -0.4 is 0 Å². The van der Waals surface area contributed by atoms with E-state index in [4.69, 9.17) is 5.11 Å². The van der Waals surface area contributed by atoms with Gasteiger partial charge in [-0.25, -0.2) is 4.39 Å². The highest BCUT2D eigenvalue weighted by atomic mass is 19.1. The number of carbonyl (C=O) groups excluding carboxylic acids is 1. The summed E-state index contributed by atoms with van der Waals surface area (Å²) in [6, 6.07) is 3.99. The molecule has 1 unspecified atom stereocenters. The minimum atomic E-state index is -0.957. The molecule has 1 aromatic rings. The van der Waals surface area contributed by atoms with Gasteiger partial charge in [-0.1, -0.05) is 0 Å². The Balaban J connectivity index is 2.35. The first-order chi connectivity index (χ1) is 7.58. The Morgan fingerprint density at radius 3 is 2.88 bits per heavy atom. The summed E-state index contributed by atoms with van der Waals surface area (Å²) in [5.41, 5.74) is 1.08. The van der Waals surface area contributed by atoms with Gasteiger partial charge in [0.25, 0.3) is 0 Å². The van der Waals surface area contributed by atoms with Crippen molar-refractivity contribution in [3.8, 4) is 0 Å². The largest absolute Gasteiger partial charge is 0.481 e.